The van der Waals surface area contributed by atoms with E-state index < -0.39 is 35.9 Å². The zero-order chi connectivity index (χ0) is 26.8. The normalized spacial score (nSPS) is 15.7. The molecule has 12 heteroatoms. The van der Waals surface area contributed by atoms with Crippen molar-refractivity contribution in [3.63, 3.8) is 0 Å². The maximum atomic E-state index is 14.0. The smallest absolute Gasteiger partial charge is 0.458 e. The van der Waals surface area contributed by atoms with Crippen molar-refractivity contribution in [1.82, 2.24) is 9.78 Å². The molecule has 0 bridgehead atoms. The minimum atomic E-state index is -3.81. The number of ether oxygens (including phenoxy) is 2. The number of carbonyl (C=O) groups is 1. The molecule has 0 radical (unpaired) electrons. The Bertz CT molecular complexity index is 1640. The summed E-state index contributed by atoms with van der Waals surface area (Å²) in [6, 6.07) is 8.28. The van der Waals surface area contributed by atoms with E-state index in [1.54, 1.807) is 13.0 Å². The van der Waals surface area contributed by atoms with Crippen LogP contribution in [0.4, 0.5) is 23.2 Å². The highest BCUT2D eigenvalue weighted by atomic mass is 19.3. The lowest BCUT2D eigenvalue weighted by atomic mass is 10.1. The molecule has 4 aromatic rings. The third kappa shape index (κ3) is 4.25. The second-order valence-corrected chi connectivity index (χ2v) is 9.07. The number of fused-ring (bicyclic) bond motifs is 2. The number of halogens is 4. The Labute approximate surface area is 212 Å². The largest absolute Gasteiger partial charge is 0.586 e. The lowest BCUT2D eigenvalue weighted by Crippen LogP contribution is -2.37. The lowest BCUT2D eigenvalue weighted by molar-refractivity contribution is -0.286. The molecule has 2 aliphatic rings. The summed E-state index contributed by atoms with van der Waals surface area (Å²) < 4.78 is 70.6. The standard InChI is InChI=1S/C26H19F4N3O5/c1-2-32(17-5-6-19-21(10-17)38-26(29,30)37-19)22(34)12-33-25(35)18-11-20(13-3-4-13)36-24(18)23(31-33)14-7-15(27)9-16(28)8-14/h5-11,13H,2-4,12H2,1H3. The number of alkyl halides is 2. The Morgan fingerprint density at radius 1 is 1.08 bits per heavy atom. The first kappa shape index (κ1) is 24.0. The molecule has 1 amide bonds. The first-order valence-corrected chi connectivity index (χ1v) is 11.8. The summed E-state index contributed by atoms with van der Waals surface area (Å²) in [5.41, 5.74) is -0.264. The number of rotatable bonds is 6. The zero-order valence-electron chi connectivity index (χ0n) is 19.8. The monoisotopic (exact) mass is 529 g/mol. The van der Waals surface area contributed by atoms with Crippen LogP contribution in [0.3, 0.4) is 0 Å². The summed E-state index contributed by atoms with van der Waals surface area (Å²) >= 11 is 0. The molecule has 0 atom stereocenters. The Morgan fingerprint density at radius 3 is 2.47 bits per heavy atom. The highest BCUT2D eigenvalue weighted by Crippen LogP contribution is 2.44. The van der Waals surface area contributed by atoms with E-state index in [1.165, 1.54) is 23.1 Å². The molecule has 1 aliphatic carbocycles. The number of carbonyl (C=O) groups excluding carboxylic acids is 1. The predicted molar refractivity (Wildman–Crippen MR) is 126 cm³/mol. The molecule has 6 rings (SSSR count). The van der Waals surface area contributed by atoms with Crippen molar-refractivity contribution < 1.29 is 36.2 Å². The van der Waals surface area contributed by atoms with Gasteiger partial charge >= 0.3 is 6.29 Å². The van der Waals surface area contributed by atoms with Crippen LogP contribution in [0.15, 0.2) is 51.7 Å². The van der Waals surface area contributed by atoms with E-state index in [2.05, 4.69) is 14.6 Å². The van der Waals surface area contributed by atoms with Crippen LogP contribution in [0.1, 0.15) is 31.4 Å². The van der Waals surface area contributed by atoms with Gasteiger partial charge in [0, 0.05) is 35.8 Å². The van der Waals surface area contributed by atoms with Crippen molar-refractivity contribution in [3.05, 3.63) is 70.2 Å². The molecule has 2 aromatic carbocycles. The number of aromatic nitrogens is 2. The molecule has 0 unspecified atom stereocenters. The lowest BCUT2D eigenvalue weighted by Gasteiger charge is -2.21. The third-order valence-corrected chi connectivity index (χ3v) is 6.37. The molecule has 0 spiro atoms. The van der Waals surface area contributed by atoms with Crippen LogP contribution in [0, 0.1) is 11.6 Å². The van der Waals surface area contributed by atoms with Crippen LogP contribution >= 0.6 is 0 Å². The maximum Gasteiger partial charge on any atom is 0.586 e. The van der Waals surface area contributed by atoms with Gasteiger partial charge in [0.05, 0.1) is 5.39 Å². The second-order valence-electron chi connectivity index (χ2n) is 9.07. The van der Waals surface area contributed by atoms with E-state index in [4.69, 9.17) is 4.42 Å². The van der Waals surface area contributed by atoms with Gasteiger partial charge in [-0.1, -0.05) is 0 Å². The van der Waals surface area contributed by atoms with Crippen LogP contribution < -0.4 is 19.9 Å². The van der Waals surface area contributed by atoms with Gasteiger partial charge in [-0.05, 0) is 50.1 Å². The molecular formula is C26H19F4N3O5. The van der Waals surface area contributed by atoms with Crippen molar-refractivity contribution in [1.29, 1.82) is 0 Å². The number of hydrogen-bond donors (Lipinski definition) is 0. The Hall–Kier alpha value is -4.35. The molecular weight excluding hydrogens is 510 g/mol. The number of furan rings is 1. The highest BCUT2D eigenvalue weighted by Gasteiger charge is 2.43. The summed E-state index contributed by atoms with van der Waals surface area (Å²) in [7, 11) is 0. The van der Waals surface area contributed by atoms with Gasteiger partial charge in [0.2, 0.25) is 5.91 Å². The zero-order valence-corrected chi connectivity index (χ0v) is 19.8. The van der Waals surface area contributed by atoms with Crippen LogP contribution in [0.5, 0.6) is 11.5 Å². The van der Waals surface area contributed by atoms with Crippen molar-refractivity contribution in [3.8, 4) is 22.8 Å². The number of likely N-dealkylation sites (N-methyl/N-ethyl adjacent to an activating group) is 1. The van der Waals surface area contributed by atoms with Gasteiger partial charge in [-0.25, -0.2) is 13.5 Å². The summed E-state index contributed by atoms with van der Waals surface area (Å²) in [5.74, 6) is -1.99. The van der Waals surface area contributed by atoms with E-state index in [0.29, 0.717) is 11.8 Å². The van der Waals surface area contributed by atoms with Crippen LogP contribution in [-0.4, -0.2) is 28.5 Å². The Balaban J connectivity index is 1.39. The van der Waals surface area contributed by atoms with Crippen LogP contribution in [0.2, 0.25) is 0 Å². The fourth-order valence-electron chi connectivity index (χ4n) is 4.47. The number of benzene rings is 2. The summed E-state index contributed by atoms with van der Waals surface area (Å²) in [6.07, 6.45) is -2.04. The number of nitrogens with zero attached hydrogens (tertiary/aromatic N) is 3. The summed E-state index contributed by atoms with van der Waals surface area (Å²) in [6.45, 7) is 1.25. The Kier molecular flexibility index (Phi) is 5.44. The topological polar surface area (TPSA) is 86.8 Å². The van der Waals surface area contributed by atoms with Crippen LogP contribution in [0.25, 0.3) is 22.2 Å². The van der Waals surface area contributed by atoms with Gasteiger partial charge in [0.15, 0.2) is 17.1 Å². The molecule has 8 nitrogen and oxygen atoms in total. The molecule has 0 saturated heterocycles. The van der Waals surface area contributed by atoms with Crippen molar-refractivity contribution >= 4 is 22.6 Å². The van der Waals surface area contributed by atoms with Crippen molar-refractivity contribution in [2.24, 2.45) is 0 Å². The van der Waals surface area contributed by atoms with Gasteiger partial charge in [0.1, 0.15) is 29.6 Å². The molecule has 1 fully saturated rings. The van der Waals surface area contributed by atoms with Crippen LogP contribution in [-0.2, 0) is 11.3 Å². The van der Waals surface area contributed by atoms with E-state index >= 15 is 0 Å². The molecule has 1 aliphatic heterocycles. The van der Waals surface area contributed by atoms with Crippen molar-refractivity contribution in [2.45, 2.75) is 38.5 Å². The summed E-state index contributed by atoms with van der Waals surface area (Å²) in [4.78, 5) is 27.9. The van der Waals surface area contributed by atoms with E-state index in [0.717, 1.165) is 29.7 Å². The van der Waals surface area contributed by atoms with E-state index in [9.17, 15) is 27.2 Å². The van der Waals surface area contributed by atoms with E-state index in [1.807, 2.05) is 0 Å². The minimum absolute atomic E-state index is 0.00561. The average molecular weight is 529 g/mol. The molecule has 196 valence electrons. The number of amides is 1. The first-order chi connectivity index (χ1) is 18.1. The maximum absolute atomic E-state index is 14.0. The first-order valence-electron chi connectivity index (χ1n) is 11.8. The van der Waals surface area contributed by atoms with Gasteiger partial charge in [-0.2, -0.15) is 5.10 Å². The molecule has 2 aromatic heterocycles. The SMILES string of the molecule is CCN(C(=O)Cn1nc(-c2cc(F)cc(F)c2)c2oc(C3CC3)cc2c1=O)c1ccc2c(c1)OC(F)(F)O2. The molecule has 0 N–H and O–H groups in total. The quantitative estimate of drug-likeness (QED) is 0.320. The van der Waals surface area contributed by atoms with Gasteiger partial charge < -0.3 is 18.8 Å². The minimum Gasteiger partial charge on any atom is -0.458 e. The highest BCUT2D eigenvalue weighted by molar-refractivity contribution is 5.94. The van der Waals surface area contributed by atoms with Crippen molar-refractivity contribution in [2.75, 3.05) is 11.4 Å². The Morgan fingerprint density at radius 2 is 1.79 bits per heavy atom. The molecule has 3 heterocycles. The fraction of sp³-hybridized carbons (Fsp3) is 0.269. The molecule has 38 heavy (non-hydrogen) atoms. The third-order valence-electron chi connectivity index (χ3n) is 6.37. The fourth-order valence-corrected chi connectivity index (χ4v) is 4.47. The summed E-state index contributed by atoms with van der Waals surface area (Å²) in [5, 5.41) is 4.39. The number of anilines is 1. The predicted octanol–water partition coefficient (Wildman–Crippen LogP) is 5.19. The van der Waals surface area contributed by atoms with E-state index in [-0.39, 0.29) is 51.9 Å². The van der Waals surface area contributed by atoms with Gasteiger partial charge in [-0.15, -0.1) is 8.78 Å². The average Bonchev–Trinajstić information content (AvgIpc) is 3.51. The van der Waals surface area contributed by atoms with Gasteiger partial charge in [-0.3, -0.25) is 9.59 Å². The van der Waals surface area contributed by atoms with Gasteiger partial charge in [0.25, 0.3) is 5.56 Å². The second kappa shape index (κ2) is 8.61. The number of hydrogen-bond acceptors (Lipinski definition) is 6. The molecule has 1 saturated carbocycles.